The Bertz CT molecular complexity index is 966. The van der Waals surface area contributed by atoms with E-state index in [1.54, 1.807) is 19.1 Å². The topological polar surface area (TPSA) is 85.1 Å². The zero-order valence-corrected chi connectivity index (χ0v) is 14.5. The smallest absolute Gasteiger partial charge is 0.273 e. The highest BCUT2D eigenvalue weighted by Gasteiger charge is 2.19. The summed E-state index contributed by atoms with van der Waals surface area (Å²) in [5.41, 5.74) is 2.75. The average molecular weight is 353 g/mol. The maximum absolute atomic E-state index is 12.6. The first kappa shape index (κ1) is 16.8. The van der Waals surface area contributed by atoms with Gasteiger partial charge in [-0.1, -0.05) is 24.3 Å². The van der Waals surface area contributed by atoms with Crippen LogP contribution >= 0.6 is 11.3 Å². The van der Waals surface area contributed by atoms with E-state index in [9.17, 15) is 14.9 Å². The highest BCUT2D eigenvalue weighted by atomic mass is 32.1. The predicted octanol–water partition coefficient (Wildman–Crippen LogP) is 4.59. The Morgan fingerprint density at radius 2 is 1.92 bits per heavy atom. The molecule has 0 aliphatic carbocycles. The largest absolute Gasteiger partial charge is 0.321 e. The van der Waals surface area contributed by atoms with Crippen LogP contribution in [0.5, 0.6) is 0 Å². The number of carbonyl (C=O) groups is 1. The molecule has 3 aromatic rings. The lowest BCUT2D eigenvalue weighted by molar-refractivity contribution is -0.385. The molecule has 0 radical (unpaired) electrons. The van der Waals surface area contributed by atoms with Crippen LogP contribution in [0.3, 0.4) is 0 Å². The number of benzene rings is 2. The first-order valence-electron chi connectivity index (χ1n) is 7.54. The van der Waals surface area contributed by atoms with E-state index in [1.807, 2.05) is 30.5 Å². The second kappa shape index (κ2) is 6.82. The molecule has 1 aromatic heterocycles. The van der Waals surface area contributed by atoms with Gasteiger partial charge in [-0.2, -0.15) is 0 Å². The van der Waals surface area contributed by atoms with Gasteiger partial charge in [0.1, 0.15) is 0 Å². The molecule has 0 atom stereocenters. The summed E-state index contributed by atoms with van der Waals surface area (Å²) in [4.78, 5) is 27.7. The fourth-order valence-electron chi connectivity index (χ4n) is 2.56. The molecule has 0 saturated heterocycles. The first-order chi connectivity index (χ1) is 12.0. The highest BCUT2D eigenvalue weighted by Crippen LogP contribution is 2.30. The van der Waals surface area contributed by atoms with Gasteiger partial charge >= 0.3 is 0 Å². The molecule has 0 aliphatic rings. The van der Waals surface area contributed by atoms with Crippen LogP contribution in [0.25, 0.3) is 11.3 Å². The quantitative estimate of drug-likeness (QED) is 0.549. The Labute approximate surface area is 148 Å². The van der Waals surface area contributed by atoms with E-state index in [1.165, 1.54) is 23.5 Å². The summed E-state index contributed by atoms with van der Waals surface area (Å²) < 4.78 is 0. The third-order valence-electron chi connectivity index (χ3n) is 3.82. The molecule has 0 unspecified atom stereocenters. The number of amides is 1. The van der Waals surface area contributed by atoms with Gasteiger partial charge in [-0.3, -0.25) is 14.9 Å². The van der Waals surface area contributed by atoms with Crippen LogP contribution in [-0.2, 0) is 0 Å². The molecule has 2 aromatic carbocycles. The number of aryl methyl sites for hydroxylation is 1. The van der Waals surface area contributed by atoms with Crippen LogP contribution < -0.4 is 5.32 Å². The van der Waals surface area contributed by atoms with Gasteiger partial charge in [0, 0.05) is 28.1 Å². The zero-order valence-electron chi connectivity index (χ0n) is 13.6. The van der Waals surface area contributed by atoms with Gasteiger partial charge in [0.05, 0.1) is 21.3 Å². The van der Waals surface area contributed by atoms with Gasteiger partial charge < -0.3 is 5.32 Å². The van der Waals surface area contributed by atoms with Crippen molar-refractivity contribution >= 4 is 28.6 Å². The molecule has 0 spiro atoms. The van der Waals surface area contributed by atoms with E-state index in [0.717, 1.165) is 16.3 Å². The second-order valence-corrected chi connectivity index (χ2v) is 6.52. The number of nitrogens with zero attached hydrogens (tertiary/aromatic N) is 2. The van der Waals surface area contributed by atoms with E-state index < -0.39 is 4.92 Å². The van der Waals surface area contributed by atoms with Gasteiger partial charge in [-0.15, -0.1) is 11.3 Å². The normalized spacial score (nSPS) is 10.5. The molecule has 1 heterocycles. The zero-order chi connectivity index (χ0) is 18.0. The number of rotatable bonds is 4. The standard InChI is InChI=1S/C18H15N3O3S/c1-11-13(7-5-9-17(11)21(23)24)18(22)20-15-8-4-3-6-14(15)16-10-25-12(2)19-16/h3-10H,1-2H3,(H,20,22). The van der Waals surface area contributed by atoms with Crippen LogP contribution in [0, 0.1) is 24.0 Å². The summed E-state index contributed by atoms with van der Waals surface area (Å²) in [6, 6.07) is 11.8. The lowest BCUT2D eigenvalue weighted by Gasteiger charge is -2.11. The number of nitro benzene ring substituents is 1. The molecular formula is C18H15N3O3S. The number of nitro groups is 1. The molecule has 0 bridgehead atoms. The van der Waals surface area contributed by atoms with Crippen LogP contribution in [-0.4, -0.2) is 15.8 Å². The summed E-state index contributed by atoms with van der Waals surface area (Å²) in [5, 5.41) is 16.8. The molecule has 3 rings (SSSR count). The van der Waals surface area contributed by atoms with Gasteiger partial charge in [0.25, 0.3) is 11.6 Å². The molecule has 0 saturated carbocycles. The molecule has 0 fully saturated rings. The minimum Gasteiger partial charge on any atom is -0.321 e. The molecule has 1 N–H and O–H groups in total. The fourth-order valence-corrected chi connectivity index (χ4v) is 3.17. The lowest BCUT2D eigenvalue weighted by Crippen LogP contribution is -2.14. The van der Waals surface area contributed by atoms with Gasteiger partial charge in [0.15, 0.2) is 0 Å². The number of thiazole rings is 1. The molecule has 25 heavy (non-hydrogen) atoms. The van der Waals surface area contributed by atoms with Gasteiger partial charge in [0.2, 0.25) is 0 Å². The molecule has 126 valence electrons. The Balaban J connectivity index is 1.95. The van der Waals surface area contributed by atoms with Crippen molar-refractivity contribution in [2.75, 3.05) is 5.32 Å². The lowest BCUT2D eigenvalue weighted by atomic mass is 10.1. The van der Waals surface area contributed by atoms with Crippen molar-refractivity contribution in [1.82, 2.24) is 4.98 Å². The van der Waals surface area contributed by atoms with Gasteiger partial charge in [-0.05, 0) is 26.0 Å². The number of nitrogens with one attached hydrogen (secondary N) is 1. The van der Waals surface area contributed by atoms with Crippen molar-refractivity contribution in [2.45, 2.75) is 13.8 Å². The minimum atomic E-state index is -0.488. The van der Waals surface area contributed by atoms with Crippen LogP contribution in [0.4, 0.5) is 11.4 Å². The molecule has 1 amide bonds. The number of anilines is 1. The number of hydrogen-bond acceptors (Lipinski definition) is 5. The predicted molar refractivity (Wildman–Crippen MR) is 98.1 cm³/mol. The number of para-hydroxylation sites is 1. The Hall–Kier alpha value is -3.06. The van der Waals surface area contributed by atoms with Crippen molar-refractivity contribution in [3.63, 3.8) is 0 Å². The van der Waals surface area contributed by atoms with Crippen molar-refractivity contribution in [2.24, 2.45) is 0 Å². The summed E-state index contributed by atoms with van der Waals surface area (Å²) in [6.45, 7) is 3.49. The van der Waals surface area contributed by atoms with E-state index >= 15 is 0 Å². The van der Waals surface area contributed by atoms with Crippen LogP contribution in [0.2, 0.25) is 0 Å². The van der Waals surface area contributed by atoms with Gasteiger partial charge in [-0.25, -0.2) is 4.98 Å². The SMILES string of the molecule is Cc1nc(-c2ccccc2NC(=O)c2cccc([N+](=O)[O-])c2C)cs1. The second-order valence-electron chi connectivity index (χ2n) is 5.46. The van der Waals surface area contributed by atoms with Crippen molar-refractivity contribution in [3.05, 3.63) is 74.1 Å². The first-order valence-corrected chi connectivity index (χ1v) is 8.42. The Kier molecular flexibility index (Phi) is 4.58. The summed E-state index contributed by atoms with van der Waals surface area (Å²) in [7, 11) is 0. The number of carbonyl (C=O) groups excluding carboxylic acids is 1. The molecule has 7 heteroatoms. The summed E-state index contributed by atoms with van der Waals surface area (Å²) >= 11 is 1.53. The summed E-state index contributed by atoms with van der Waals surface area (Å²) in [5.74, 6) is -0.388. The van der Waals surface area contributed by atoms with Crippen molar-refractivity contribution < 1.29 is 9.72 Å². The fraction of sp³-hybridized carbons (Fsp3) is 0.111. The maximum Gasteiger partial charge on any atom is 0.273 e. The third-order valence-corrected chi connectivity index (χ3v) is 4.59. The molecular weight excluding hydrogens is 338 g/mol. The monoisotopic (exact) mass is 353 g/mol. The van der Waals surface area contributed by atoms with Crippen LogP contribution in [0.1, 0.15) is 20.9 Å². The minimum absolute atomic E-state index is 0.0731. The van der Waals surface area contributed by atoms with Crippen molar-refractivity contribution in [1.29, 1.82) is 0 Å². The molecule has 6 nitrogen and oxygen atoms in total. The number of aromatic nitrogens is 1. The van der Waals surface area contributed by atoms with Crippen LogP contribution in [0.15, 0.2) is 47.8 Å². The van der Waals surface area contributed by atoms with Crippen molar-refractivity contribution in [3.8, 4) is 11.3 Å². The van der Waals surface area contributed by atoms with E-state index in [2.05, 4.69) is 10.3 Å². The van der Waals surface area contributed by atoms with E-state index in [-0.39, 0.29) is 17.2 Å². The summed E-state index contributed by atoms with van der Waals surface area (Å²) in [6.07, 6.45) is 0. The Morgan fingerprint density at radius 3 is 2.60 bits per heavy atom. The van der Waals surface area contributed by atoms with E-state index in [4.69, 9.17) is 0 Å². The van der Waals surface area contributed by atoms with E-state index in [0.29, 0.717) is 11.3 Å². The number of hydrogen-bond donors (Lipinski definition) is 1. The third kappa shape index (κ3) is 3.41. The Morgan fingerprint density at radius 1 is 1.16 bits per heavy atom. The average Bonchev–Trinajstić information content (AvgIpc) is 3.01. The molecule has 0 aliphatic heterocycles. The maximum atomic E-state index is 12.6. The highest BCUT2D eigenvalue weighted by molar-refractivity contribution is 7.09.